The van der Waals surface area contributed by atoms with Gasteiger partial charge in [0, 0.05) is 44.4 Å². The van der Waals surface area contributed by atoms with Gasteiger partial charge in [0.05, 0.1) is 5.69 Å². The Morgan fingerprint density at radius 2 is 1.83 bits per heavy atom. The molecule has 0 radical (unpaired) electrons. The second-order valence-electron chi connectivity index (χ2n) is 5.83. The van der Waals surface area contributed by atoms with Gasteiger partial charge in [0.2, 0.25) is 5.82 Å². The van der Waals surface area contributed by atoms with Crippen molar-refractivity contribution in [3.8, 4) is 22.9 Å². The maximum Gasteiger partial charge on any atom is 0.217 e. The van der Waals surface area contributed by atoms with Gasteiger partial charge < -0.3 is 9.13 Å². The van der Waals surface area contributed by atoms with Crippen molar-refractivity contribution in [2.45, 2.75) is 13.8 Å². The first kappa shape index (κ1) is 14.9. The summed E-state index contributed by atoms with van der Waals surface area (Å²) in [7, 11) is 3.87. The second-order valence-corrected chi connectivity index (χ2v) is 6.19. The second kappa shape index (κ2) is 5.17. The predicted molar refractivity (Wildman–Crippen MR) is 91.9 cm³/mol. The van der Waals surface area contributed by atoms with Crippen molar-refractivity contribution in [2.24, 2.45) is 14.1 Å². The van der Waals surface area contributed by atoms with Crippen LogP contribution in [0.5, 0.6) is 0 Å². The van der Waals surface area contributed by atoms with Crippen LogP contribution in [0.3, 0.4) is 0 Å². The first-order chi connectivity index (χ1) is 11.5. The summed E-state index contributed by atoms with van der Waals surface area (Å²) in [5.41, 5.74) is 3.68. The smallest absolute Gasteiger partial charge is 0.217 e. The van der Waals surface area contributed by atoms with Crippen LogP contribution in [0, 0.1) is 13.8 Å². The Morgan fingerprint density at radius 1 is 1.04 bits per heavy atom. The summed E-state index contributed by atoms with van der Waals surface area (Å²) in [5.74, 6) is 2.10. The average Bonchev–Trinajstić information content (AvgIpc) is 3.18. The zero-order chi connectivity index (χ0) is 17.0. The lowest BCUT2D eigenvalue weighted by Crippen LogP contribution is -2.02. The molecular formula is C16H16ClN7. The molecule has 4 heterocycles. The summed E-state index contributed by atoms with van der Waals surface area (Å²) in [6.07, 6.45) is 7.49. The lowest BCUT2D eigenvalue weighted by molar-refractivity contribution is 0.858. The van der Waals surface area contributed by atoms with Crippen LogP contribution >= 0.6 is 11.6 Å². The number of nitrogens with zero attached hydrogens (tertiary/aromatic N) is 7. The number of hydrogen-bond donors (Lipinski definition) is 0. The molecule has 0 fully saturated rings. The Morgan fingerprint density at radius 3 is 2.46 bits per heavy atom. The van der Waals surface area contributed by atoms with E-state index in [9.17, 15) is 0 Å². The maximum absolute atomic E-state index is 6.44. The quantitative estimate of drug-likeness (QED) is 0.562. The highest BCUT2D eigenvalue weighted by Gasteiger charge is 2.18. The summed E-state index contributed by atoms with van der Waals surface area (Å²) in [4.78, 5) is 13.3. The monoisotopic (exact) mass is 341 g/mol. The summed E-state index contributed by atoms with van der Waals surface area (Å²) < 4.78 is 5.61. The van der Waals surface area contributed by atoms with E-state index in [0.717, 1.165) is 28.2 Å². The fourth-order valence-electron chi connectivity index (χ4n) is 2.80. The van der Waals surface area contributed by atoms with Gasteiger partial charge in [-0.3, -0.25) is 0 Å². The fraction of sp³-hybridized carbons (Fsp3) is 0.250. The van der Waals surface area contributed by atoms with E-state index < -0.39 is 0 Å². The van der Waals surface area contributed by atoms with Crippen molar-refractivity contribution in [3.05, 3.63) is 41.3 Å². The molecule has 0 aliphatic carbocycles. The lowest BCUT2D eigenvalue weighted by Gasteiger charge is -2.03. The zero-order valence-corrected chi connectivity index (χ0v) is 14.6. The Bertz CT molecular complexity index is 1050. The predicted octanol–water partition coefficient (Wildman–Crippen LogP) is 2.80. The number of hydrogen-bond acceptors (Lipinski definition) is 4. The van der Waals surface area contributed by atoms with Gasteiger partial charge in [-0.1, -0.05) is 11.6 Å². The van der Waals surface area contributed by atoms with E-state index in [-0.39, 0.29) is 0 Å². The molecule has 0 atom stereocenters. The number of fused-ring (bicyclic) bond motifs is 1. The molecule has 0 amide bonds. The lowest BCUT2D eigenvalue weighted by atomic mass is 10.1. The summed E-state index contributed by atoms with van der Waals surface area (Å²) in [6, 6.07) is 0. The van der Waals surface area contributed by atoms with Crippen molar-refractivity contribution in [2.75, 3.05) is 0 Å². The van der Waals surface area contributed by atoms with Gasteiger partial charge >= 0.3 is 0 Å². The molecule has 0 aliphatic heterocycles. The van der Waals surface area contributed by atoms with Crippen LogP contribution in [0.2, 0.25) is 5.15 Å². The van der Waals surface area contributed by atoms with Gasteiger partial charge in [0.15, 0.2) is 11.0 Å². The molecular weight excluding hydrogens is 326 g/mol. The number of rotatable bonds is 2. The summed E-state index contributed by atoms with van der Waals surface area (Å²) in [5, 5.41) is 4.98. The van der Waals surface area contributed by atoms with Crippen LogP contribution in [0.25, 0.3) is 28.4 Å². The number of halogens is 1. The van der Waals surface area contributed by atoms with Gasteiger partial charge in [0.1, 0.15) is 11.3 Å². The van der Waals surface area contributed by atoms with Crippen LogP contribution in [-0.2, 0) is 14.1 Å². The topological polar surface area (TPSA) is 65.8 Å². The summed E-state index contributed by atoms with van der Waals surface area (Å²) in [6.45, 7) is 3.98. The SMILES string of the molecule is Cc1c(-c2cn(C)c(C)n2)cn2nc(-c3nccn3C)nc(Cl)c12. The highest BCUT2D eigenvalue weighted by molar-refractivity contribution is 6.33. The molecule has 8 heteroatoms. The minimum absolute atomic E-state index is 0.402. The van der Waals surface area contributed by atoms with Crippen molar-refractivity contribution in [1.82, 2.24) is 33.7 Å². The van der Waals surface area contributed by atoms with E-state index in [1.165, 1.54) is 0 Å². The molecule has 0 spiro atoms. The molecule has 0 saturated heterocycles. The highest BCUT2D eigenvalue weighted by atomic mass is 35.5. The van der Waals surface area contributed by atoms with Crippen LogP contribution in [0.1, 0.15) is 11.4 Å². The molecule has 0 N–H and O–H groups in total. The largest absolute Gasteiger partial charge is 0.338 e. The Balaban J connectivity index is 1.95. The first-order valence-electron chi connectivity index (χ1n) is 7.49. The van der Waals surface area contributed by atoms with Crippen molar-refractivity contribution < 1.29 is 0 Å². The standard InChI is InChI=1S/C16H16ClN7/c1-9-11(12-8-23(4)10(2)19-12)7-24-13(9)14(17)20-15(21-24)16-18-5-6-22(16)3/h5-8H,1-4H3. The first-order valence-corrected chi connectivity index (χ1v) is 7.87. The van der Waals surface area contributed by atoms with E-state index in [0.29, 0.717) is 16.8 Å². The van der Waals surface area contributed by atoms with E-state index >= 15 is 0 Å². The van der Waals surface area contributed by atoms with Crippen LogP contribution < -0.4 is 0 Å². The van der Waals surface area contributed by atoms with Crippen LogP contribution in [-0.4, -0.2) is 33.7 Å². The number of aromatic nitrogens is 7. The molecule has 0 saturated carbocycles. The van der Waals surface area contributed by atoms with Crippen LogP contribution in [0.4, 0.5) is 0 Å². The van der Waals surface area contributed by atoms with Crippen molar-refractivity contribution in [1.29, 1.82) is 0 Å². The molecule has 0 aliphatic rings. The third-order valence-electron chi connectivity index (χ3n) is 4.25. The molecule has 4 aromatic rings. The third-order valence-corrected chi connectivity index (χ3v) is 4.51. The number of aryl methyl sites for hydroxylation is 4. The van der Waals surface area contributed by atoms with Crippen molar-refractivity contribution >= 4 is 17.1 Å². The van der Waals surface area contributed by atoms with Gasteiger partial charge in [-0.05, 0) is 19.4 Å². The normalized spacial score (nSPS) is 11.5. The fourth-order valence-corrected chi connectivity index (χ4v) is 3.11. The third kappa shape index (κ3) is 2.12. The number of imidazole rings is 2. The molecule has 0 unspecified atom stereocenters. The molecule has 4 aromatic heterocycles. The molecule has 122 valence electrons. The minimum Gasteiger partial charge on any atom is -0.338 e. The maximum atomic E-state index is 6.44. The molecule has 0 bridgehead atoms. The van der Waals surface area contributed by atoms with Crippen molar-refractivity contribution in [3.63, 3.8) is 0 Å². The van der Waals surface area contributed by atoms with E-state index in [4.69, 9.17) is 11.6 Å². The van der Waals surface area contributed by atoms with E-state index in [1.54, 1.807) is 10.7 Å². The molecule has 24 heavy (non-hydrogen) atoms. The van der Waals surface area contributed by atoms with E-state index in [2.05, 4.69) is 20.1 Å². The zero-order valence-electron chi connectivity index (χ0n) is 13.8. The van der Waals surface area contributed by atoms with Gasteiger partial charge in [0.25, 0.3) is 0 Å². The Hall–Kier alpha value is -2.67. The van der Waals surface area contributed by atoms with Gasteiger partial charge in [-0.2, -0.15) is 0 Å². The molecule has 7 nitrogen and oxygen atoms in total. The van der Waals surface area contributed by atoms with Gasteiger partial charge in [-0.25, -0.2) is 19.5 Å². The highest BCUT2D eigenvalue weighted by Crippen LogP contribution is 2.31. The average molecular weight is 342 g/mol. The summed E-state index contributed by atoms with van der Waals surface area (Å²) >= 11 is 6.44. The molecule has 0 aromatic carbocycles. The minimum atomic E-state index is 0.402. The van der Waals surface area contributed by atoms with Crippen LogP contribution in [0.15, 0.2) is 24.8 Å². The van der Waals surface area contributed by atoms with E-state index in [1.807, 2.05) is 55.7 Å². The molecule has 4 rings (SSSR count). The Labute approximate surface area is 143 Å². The van der Waals surface area contributed by atoms with Gasteiger partial charge in [-0.15, -0.1) is 5.10 Å². The Kier molecular flexibility index (Phi) is 3.21.